The van der Waals surface area contributed by atoms with E-state index in [2.05, 4.69) is 64.4 Å². The summed E-state index contributed by atoms with van der Waals surface area (Å²) >= 11 is 0. The van der Waals surface area contributed by atoms with Crippen LogP contribution in [-0.4, -0.2) is 49.0 Å². The number of carbonyl (C=O) groups is 1. The molecule has 0 unspecified atom stereocenters. The number of amides is 1. The lowest BCUT2D eigenvalue weighted by atomic mass is 10.1. The van der Waals surface area contributed by atoms with E-state index in [-0.39, 0.29) is 5.91 Å². The van der Waals surface area contributed by atoms with Crippen LogP contribution in [-0.2, 0) is 17.8 Å². The van der Waals surface area contributed by atoms with Gasteiger partial charge in [0, 0.05) is 45.3 Å². The summed E-state index contributed by atoms with van der Waals surface area (Å²) in [5, 5.41) is 2.99. The van der Waals surface area contributed by atoms with Gasteiger partial charge in [-0.15, -0.1) is 0 Å². The number of likely N-dealkylation sites (N-methyl/N-ethyl adjacent to an activating group) is 1. The molecule has 3 rings (SSSR count). The van der Waals surface area contributed by atoms with E-state index in [1.807, 2.05) is 12.3 Å². The number of aryl methyl sites for hydroxylation is 2. The number of pyridine rings is 1. The lowest BCUT2D eigenvalue weighted by molar-refractivity contribution is -0.121. The molecule has 1 fully saturated rings. The molecule has 2 heterocycles. The van der Waals surface area contributed by atoms with Crippen LogP contribution in [0, 0.1) is 6.92 Å². The van der Waals surface area contributed by atoms with Crippen LogP contribution in [0.3, 0.4) is 0 Å². The van der Waals surface area contributed by atoms with Crippen molar-refractivity contribution in [1.29, 1.82) is 0 Å². The number of piperazine rings is 1. The Bertz CT molecular complexity index is 721. The number of carbonyl (C=O) groups excluding carboxylic acids is 1. The molecule has 0 bridgehead atoms. The van der Waals surface area contributed by atoms with Crippen molar-refractivity contribution in [3.05, 3.63) is 59.3 Å². The molecule has 0 atom stereocenters. The molecule has 1 aromatic carbocycles. The minimum Gasteiger partial charge on any atom is -0.354 e. The second-order valence-electron chi connectivity index (χ2n) is 7.08. The van der Waals surface area contributed by atoms with Crippen molar-refractivity contribution in [1.82, 2.24) is 15.2 Å². The Hall–Kier alpha value is -2.40. The zero-order valence-electron chi connectivity index (χ0n) is 15.7. The molecule has 1 N–H and O–H groups in total. The lowest BCUT2D eigenvalue weighted by Gasteiger charge is -2.33. The Balaban J connectivity index is 1.43. The predicted molar refractivity (Wildman–Crippen MR) is 105 cm³/mol. The quantitative estimate of drug-likeness (QED) is 0.867. The summed E-state index contributed by atoms with van der Waals surface area (Å²) < 4.78 is 0. The third kappa shape index (κ3) is 5.30. The first-order valence-corrected chi connectivity index (χ1v) is 9.31. The summed E-state index contributed by atoms with van der Waals surface area (Å²) in [4.78, 5) is 21.3. The Morgan fingerprint density at radius 1 is 1.12 bits per heavy atom. The van der Waals surface area contributed by atoms with E-state index in [4.69, 9.17) is 0 Å². The summed E-state index contributed by atoms with van der Waals surface area (Å²) in [6.07, 6.45) is 3.15. The zero-order chi connectivity index (χ0) is 18.4. The molecule has 1 aliphatic rings. The van der Waals surface area contributed by atoms with Crippen molar-refractivity contribution in [3.8, 4) is 0 Å². The Morgan fingerprint density at radius 3 is 2.62 bits per heavy atom. The molecule has 138 valence electrons. The number of benzene rings is 1. The topological polar surface area (TPSA) is 48.5 Å². The molecule has 5 heteroatoms. The number of hydrogen-bond acceptors (Lipinski definition) is 4. The van der Waals surface area contributed by atoms with Crippen LogP contribution in [0.5, 0.6) is 0 Å². The summed E-state index contributed by atoms with van der Waals surface area (Å²) in [5.41, 5.74) is 3.47. The van der Waals surface area contributed by atoms with Gasteiger partial charge in [-0.25, -0.2) is 4.98 Å². The average molecular weight is 352 g/mol. The van der Waals surface area contributed by atoms with Gasteiger partial charge in [-0.3, -0.25) is 4.79 Å². The van der Waals surface area contributed by atoms with Gasteiger partial charge in [-0.1, -0.05) is 35.9 Å². The largest absolute Gasteiger partial charge is 0.354 e. The van der Waals surface area contributed by atoms with Gasteiger partial charge in [0.05, 0.1) is 0 Å². The van der Waals surface area contributed by atoms with Crippen molar-refractivity contribution in [3.63, 3.8) is 0 Å². The number of rotatable bonds is 6. The SMILES string of the molecule is Cc1cccc(CCC(=O)NCc2ccc(N3CCN(C)CC3)nc2)c1. The maximum absolute atomic E-state index is 12.1. The highest BCUT2D eigenvalue weighted by Crippen LogP contribution is 2.13. The molecule has 0 spiro atoms. The molecule has 0 saturated carbocycles. The molecule has 26 heavy (non-hydrogen) atoms. The molecule has 1 amide bonds. The van der Waals surface area contributed by atoms with Gasteiger partial charge >= 0.3 is 0 Å². The van der Waals surface area contributed by atoms with Crippen LogP contribution in [0.25, 0.3) is 0 Å². The van der Waals surface area contributed by atoms with Gasteiger partial charge in [0.1, 0.15) is 5.82 Å². The molecule has 1 saturated heterocycles. The van der Waals surface area contributed by atoms with Gasteiger partial charge in [0.15, 0.2) is 0 Å². The molecule has 5 nitrogen and oxygen atoms in total. The third-order valence-electron chi connectivity index (χ3n) is 4.85. The highest BCUT2D eigenvalue weighted by Gasteiger charge is 2.14. The average Bonchev–Trinajstić information content (AvgIpc) is 2.66. The van der Waals surface area contributed by atoms with E-state index >= 15 is 0 Å². The maximum Gasteiger partial charge on any atom is 0.220 e. The first-order valence-electron chi connectivity index (χ1n) is 9.31. The smallest absolute Gasteiger partial charge is 0.220 e. The Labute approximate surface area is 156 Å². The highest BCUT2D eigenvalue weighted by atomic mass is 16.1. The molecule has 0 radical (unpaired) electrons. The summed E-state index contributed by atoms with van der Waals surface area (Å²) in [7, 11) is 2.15. The van der Waals surface area contributed by atoms with E-state index < -0.39 is 0 Å². The summed E-state index contributed by atoms with van der Waals surface area (Å²) in [6.45, 7) is 6.77. The lowest BCUT2D eigenvalue weighted by Crippen LogP contribution is -2.44. The van der Waals surface area contributed by atoms with Crippen LogP contribution in [0.1, 0.15) is 23.1 Å². The molecule has 1 aromatic heterocycles. The number of hydrogen-bond donors (Lipinski definition) is 1. The van der Waals surface area contributed by atoms with Gasteiger partial charge in [-0.2, -0.15) is 0 Å². The van der Waals surface area contributed by atoms with Crippen LogP contribution >= 0.6 is 0 Å². The zero-order valence-corrected chi connectivity index (χ0v) is 15.7. The van der Waals surface area contributed by atoms with Crippen LogP contribution in [0.2, 0.25) is 0 Å². The monoisotopic (exact) mass is 352 g/mol. The Morgan fingerprint density at radius 2 is 1.92 bits per heavy atom. The van der Waals surface area contributed by atoms with Crippen molar-refractivity contribution < 1.29 is 4.79 Å². The maximum atomic E-state index is 12.1. The fraction of sp³-hybridized carbons (Fsp3) is 0.429. The molecule has 2 aromatic rings. The molecule has 0 aliphatic carbocycles. The number of nitrogens with one attached hydrogen (secondary N) is 1. The van der Waals surface area contributed by atoms with Gasteiger partial charge in [0.2, 0.25) is 5.91 Å². The fourth-order valence-corrected chi connectivity index (χ4v) is 3.16. The molecular formula is C21H28N4O. The second-order valence-corrected chi connectivity index (χ2v) is 7.08. The summed E-state index contributed by atoms with van der Waals surface area (Å²) in [6, 6.07) is 12.4. The predicted octanol–water partition coefficient (Wildman–Crippen LogP) is 2.39. The third-order valence-corrected chi connectivity index (χ3v) is 4.85. The van der Waals surface area contributed by atoms with E-state index in [1.165, 1.54) is 11.1 Å². The van der Waals surface area contributed by atoms with Gasteiger partial charge in [-0.05, 0) is 37.6 Å². The standard InChI is InChI=1S/C21H28N4O/c1-17-4-3-5-18(14-17)7-9-21(26)23-16-19-6-8-20(22-15-19)25-12-10-24(2)11-13-25/h3-6,8,14-15H,7,9-13,16H2,1-2H3,(H,23,26). The van der Waals surface area contributed by atoms with Crippen molar-refractivity contribution in [2.45, 2.75) is 26.3 Å². The minimum atomic E-state index is 0.0784. The van der Waals surface area contributed by atoms with Crippen molar-refractivity contribution in [2.24, 2.45) is 0 Å². The van der Waals surface area contributed by atoms with E-state index in [1.54, 1.807) is 0 Å². The second kappa shape index (κ2) is 8.81. The van der Waals surface area contributed by atoms with Gasteiger partial charge < -0.3 is 15.1 Å². The van der Waals surface area contributed by atoms with Gasteiger partial charge in [0.25, 0.3) is 0 Å². The number of anilines is 1. The Kier molecular flexibility index (Phi) is 6.23. The first kappa shape index (κ1) is 18.4. The number of nitrogens with zero attached hydrogens (tertiary/aromatic N) is 3. The number of aromatic nitrogens is 1. The normalized spacial score (nSPS) is 15.1. The summed E-state index contributed by atoms with van der Waals surface area (Å²) in [5.74, 6) is 1.10. The molecular weight excluding hydrogens is 324 g/mol. The van der Waals surface area contributed by atoms with Crippen molar-refractivity contribution in [2.75, 3.05) is 38.1 Å². The van der Waals surface area contributed by atoms with Crippen LogP contribution in [0.4, 0.5) is 5.82 Å². The van der Waals surface area contributed by atoms with E-state index in [0.717, 1.165) is 44.0 Å². The van der Waals surface area contributed by atoms with E-state index in [9.17, 15) is 4.79 Å². The fourth-order valence-electron chi connectivity index (χ4n) is 3.16. The minimum absolute atomic E-state index is 0.0784. The first-order chi connectivity index (χ1) is 12.6. The van der Waals surface area contributed by atoms with Crippen molar-refractivity contribution >= 4 is 11.7 Å². The highest BCUT2D eigenvalue weighted by molar-refractivity contribution is 5.76. The van der Waals surface area contributed by atoms with Crippen LogP contribution < -0.4 is 10.2 Å². The van der Waals surface area contributed by atoms with Crippen LogP contribution in [0.15, 0.2) is 42.6 Å². The molecule has 1 aliphatic heterocycles. The van der Waals surface area contributed by atoms with E-state index in [0.29, 0.717) is 13.0 Å².